The topological polar surface area (TPSA) is 41.6 Å². The highest BCUT2D eigenvalue weighted by molar-refractivity contribution is 5.83. The minimum atomic E-state index is 0.108. The lowest BCUT2D eigenvalue weighted by Gasteiger charge is -2.24. The van der Waals surface area contributed by atoms with E-state index in [0.29, 0.717) is 0 Å². The summed E-state index contributed by atoms with van der Waals surface area (Å²) in [7, 11) is 0. The predicted molar refractivity (Wildman–Crippen MR) is 75.2 cm³/mol. The molecule has 3 nitrogen and oxygen atoms in total. The van der Waals surface area contributed by atoms with Crippen molar-refractivity contribution in [3.63, 3.8) is 0 Å². The second-order valence-electron chi connectivity index (χ2n) is 4.74. The van der Waals surface area contributed by atoms with Gasteiger partial charge in [0.15, 0.2) is 0 Å². The lowest BCUT2D eigenvalue weighted by Crippen LogP contribution is -2.41. The number of nitrogens with two attached hydrogens (primary N) is 1. The van der Waals surface area contributed by atoms with Gasteiger partial charge in [-0.15, -0.1) is 0 Å². The molecule has 0 saturated carbocycles. The molecule has 1 unspecified atom stereocenters. The van der Waals surface area contributed by atoms with Crippen LogP contribution in [0, 0.1) is 0 Å². The molecule has 0 aromatic heterocycles. The Kier molecular flexibility index (Phi) is 6.94. The van der Waals surface area contributed by atoms with E-state index in [-0.39, 0.29) is 6.17 Å². The van der Waals surface area contributed by atoms with Gasteiger partial charge < -0.3 is 10.6 Å². The van der Waals surface area contributed by atoms with Crippen LogP contribution >= 0.6 is 0 Å². The Balaban J connectivity index is 2.12. The molecular formula is C14H27N3. The van der Waals surface area contributed by atoms with Crippen LogP contribution in [0.25, 0.3) is 0 Å². The standard InChI is InChI=1S/C14H27N3/c1-3-4-5-6-7-8-9-10-14-16-11-12-17(14)13(2)15/h6-7,13H,3-5,8-12,15H2,1-2H3/b7-6+. The molecule has 17 heavy (non-hydrogen) atoms. The number of hydrogen-bond donors (Lipinski definition) is 1. The third-order valence-electron chi connectivity index (χ3n) is 3.12. The van der Waals surface area contributed by atoms with E-state index in [1.54, 1.807) is 0 Å². The maximum Gasteiger partial charge on any atom is 0.100 e. The molecule has 1 aliphatic rings. The van der Waals surface area contributed by atoms with Gasteiger partial charge in [-0.05, 0) is 26.2 Å². The average Bonchev–Trinajstić information content (AvgIpc) is 2.76. The average molecular weight is 237 g/mol. The number of nitrogens with zero attached hydrogens (tertiary/aromatic N) is 2. The van der Waals surface area contributed by atoms with Crippen LogP contribution in [0.4, 0.5) is 0 Å². The van der Waals surface area contributed by atoms with E-state index >= 15 is 0 Å². The first-order valence-electron chi connectivity index (χ1n) is 6.96. The summed E-state index contributed by atoms with van der Waals surface area (Å²) in [6.45, 7) is 6.18. The number of unbranched alkanes of at least 4 members (excludes halogenated alkanes) is 3. The van der Waals surface area contributed by atoms with Crippen molar-refractivity contribution >= 4 is 5.84 Å². The summed E-state index contributed by atoms with van der Waals surface area (Å²) in [6, 6.07) is 0. The number of allylic oxidation sites excluding steroid dienone is 2. The van der Waals surface area contributed by atoms with Gasteiger partial charge in [0.05, 0.1) is 12.7 Å². The van der Waals surface area contributed by atoms with Crippen LogP contribution in [0.2, 0.25) is 0 Å². The van der Waals surface area contributed by atoms with Gasteiger partial charge in [0.25, 0.3) is 0 Å². The predicted octanol–water partition coefficient (Wildman–Crippen LogP) is 2.92. The van der Waals surface area contributed by atoms with Crippen LogP contribution in [0.3, 0.4) is 0 Å². The van der Waals surface area contributed by atoms with Crippen molar-refractivity contribution in [2.45, 2.75) is 58.5 Å². The third-order valence-corrected chi connectivity index (χ3v) is 3.12. The van der Waals surface area contributed by atoms with Crippen molar-refractivity contribution in [1.82, 2.24) is 4.90 Å². The molecule has 0 aliphatic carbocycles. The van der Waals surface area contributed by atoms with Crippen molar-refractivity contribution in [3.8, 4) is 0 Å². The van der Waals surface area contributed by atoms with Gasteiger partial charge in [-0.2, -0.15) is 0 Å². The molecule has 0 spiro atoms. The Morgan fingerprint density at radius 3 is 2.71 bits per heavy atom. The normalized spacial score (nSPS) is 17.8. The first-order chi connectivity index (χ1) is 8.25. The monoisotopic (exact) mass is 237 g/mol. The summed E-state index contributed by atoms with van der Waals surface area (Å²) >= 11 is 0. The number of hydrogen-bond acceptors (Lipinski definition) is 3. The van der Waals surface area contributed by atoms with Crippen LogP contribution < -0.4 is 5.73 Å². The van der Waals surface area contributed by atoms with E-state index in [1.165, 1.54) is 31.5 Å². The van der Waals surface area contributed by atoms with Crippen molar-refractivity contribution in [1.29, 1.82) is 0 Å². The summed E-state index contributed by atoms with van der Waals surface area (Å²) in [6.07, 6.45) is 12.0. The van der Waals surface area contributed by atoms with Gasteiger partial charge in [-0.25, -0.2) is 0 Å². The Hall–Kier alpha value is -0.830. The molecule has 0 aromatic carbocycles. The van der Waals surface area contributed by atoms with Crippen LogP contribution in [0.1, 0.15) is 52.4 Å². The molecule has 2 N–H and O–H groups in total. The maximum atomic E-state index is 5.90. The number of rotatable bonds is 8. The lowest BCUT2D eigenvalue weighted by atomic mass is 10.2. The zero-order chi connectivity index (χ0) is 12.5. The molecule has 0 bridgehead atoms. The van der Waals surface area contributed by atoms with Crippen LogP contribution in [-0.2, 0) is 0 Å². The summed E-state index contributed by atoms with van der Waals surface area (Å²) in [4.78, 5) is 6.75. The highest BCUT2D eigenvalue weighted by Gasteiger charge is 2.18. The maximum absolute atomic E-state index is 5.90. The summed E-state index contributed by atoms with van der Waals surface area (Å²) in [5, 5.41) is 0. The quantitative estimate of drug-likeness (QED) is 0.521. The number of aliphatic imine (C=N–C) groups is 1. The lowest BCUT2D eigenvalue weighted by molar-refractivity contribution is 0.359. The minimum absolute atomic E-state index is 0.108. The second-order valence-corrected chi connectivity index (χ2v) is 4.74. The molecule has 0 amide bonds. The van der Waals surface area contributed by atoms with E-state index in [4.69, 9.17) is 5.73 Å². The molecular weight excluding hydrogens is 210 g/mol. The van der Waals surface area contributed by atoms with Crippen molar-refractivity contribution in [2.75, 3.05) is 13.1 Å². The number of amidine groups is 1. The smallest absolute Gasteiger partial charge is 0.100 e. The van der Waals surface area contributed by atoms with Gasteiger partial charge in [0.1, 0.15) is 5.84 Å². The Bertz CT molecular complexity index is 256. The van der Waals surface area contributed by atoms with Gasteiger partial charge in [0.2, 0.25) is 0 Å². The van der Waals surface area contributed by atoms with Gasteiger partial charge in [-0.1, -0.05) is 31.9 Å². The molecule has 1 aliphatic heterocycles. The molecule has 0 saturated heterocycles. The fourth-order valence-electron chi connectivity index (χ4n) is 2.10. The molecule has 1 rings (SSSR count). The van der Waals surface area contributed by atoms with Gasteiger partial charge >= 0.3 is 0 Å². The molecule has 0 aromatic rings. The largest absolute Gasteiger partial charge is 0.343 e. The van der Waals surface area contributed by atoms with E-state index in [0.717, 1.165) is 25.9 Å². The SMILES string of the molecule is CCCC/C=C/CCCC1=NCCN1C(C)N. The Labute approximate surface area is 106 Å². The van der Waals surface area contributed by atoms with E-state index in [2.05, 4.69) is 29.0 Å². The van der Waals surface area contributed by atoms with E-state index in [1.807, 2.05) is 6.92 Å². The third kappa shape index (κ3) is 5.35. The summed E-state index contributed by atoms with van der Waals surface area (Å²) < 4.78 is 0. The Morgan fingerprint density at radius 2 is 2.06 bits per heavy atom. The second kappa shape index (κ2) is 8.29. The molecule has 98 valence electrons. The molecule has 0 radical (unpaired) electrons. The fraction of sp³-hybridized carbons (Fsp3) is 0.786. The summed E-state index contributed by atoms with van der Waals surface area (Å²) in [5.74, 6) is 1.21. The molecule has 3 heteroatoms. The summed E-state index contributed by atoms with van der Waals surface area (Å²) in [5.41, 5.74) is 5.90. The first-order valence-corrected chi connectivity index (χ1v) is 6.96. The van der Waals surface area contributed by atoms with Crippen molar-refractivity contribution < 1.29 is 0 Å². The van der Waals surface area contributed by atoms with Gasteiger partial charge in [-0.3, -0.25) is 4.99 Å². The van der Waals surface area contributed by atoms with Crippen LogP contribution in [-0.4, -0.2) is 30.0 Å². The van der Waals surface area contributed by atoms with Crippen molar-refractivity contribution in [2.24, 2.45) is 10.7 Å². The zero-order valence-corrected chi connectivity index (χ0v) is 11.4. The van der Waals surface area contributed by atoms with Gasteiger partial charge in [0, 0.05) is 13.0 Å². The first kappa shape index (κ1) is 14.2. The minimum Gasteiger partial charge on any atom is -0.343 e. The highest BCUT2D eigenvalue weighted by Crippen LogP contribution is 2.10. The van der Waals surface area contributed by atoms with Crippen LogP contribution in [0.15, 0.2) is 17.1 Å². The van der Waals surface area contributed by atoms with Crippen LogP contribution in [0.5, 0.6) is 0 Å². The molecule has 1 atom stereocenters. The molecule has 1 heterocycles. The fourth-order valence-corrected chi connectivity index (χ4v) is 2.10. The Morgan fingerprint density at radius 1 is 1.35 bits per heavy atom. The molecule has 0 fully saturated rings. The highest BCUT2D eigenvalue weighted by atomic mass is 15.3. The zero-order valence-electron chi connectivity index (χ0n) is 11.4. The van der Waals surface area contributed by atoms with E-state index < -0.39 is 0 Å². The van der Waals surface area contributed by atoms with Crippen molar-refractivity contribution in [3.05, 3.63) is 12.2 Å². The van der Waals surface area contributed by atoms with E-state index in [9.17, 15) is 0 Å².